The van der Waals surface area contributed by atoms with E-state index in [-0.39, 0.29) is 11.8 Å². The molecule has 0 fully saturated rings. The number of alkyl halides is 1. The molecule has 0 aliphatic heterocycles. The highest BCUT2D eigenvalue weighted by atomic mass is 35.5. The van der Waals surface area contributed by atoms with Gasteiger partial charge in [0.05, 0.1) is 17.8 Å². The molecule has 0 bridgehead atoms. The maximum absolute atomic E-state index is 11.3. The van der Waals surface area contributed by atoms with Crippen LogP contribution in [0.4, 0.5) is 5.69 Å². The lowest BCUT2D eigenvalue weighted by molar-refractivity contribution is -0.116. The van der Waals surface area contributed by atoms with Gasteiger partial charge >= 0.3 is 0 Å². The Morgan fingerprint density at radius 2 is 2.20 bits per heavy atom. The van der Waals surface area contributed by atoms with Crippen LogP contribution in [0.2, 0.25) is 5.02 Å². The van der Waals surface area contributed by atoms with Crippen molar-refractivity contribution >= 4 is 34.8 Å². The number of halogens is 2. The number of carbonyl (C=O) groups is 1. The van der Waals surface area contributed by atoms with Crippen LogP contribution in [-0.2, 0) is 4.79 Å². The van der Waals surface area contributed by atoms with Gasteiger partial charge in [-0.2, -0.15) is 0 Å². The molecule has 3 nitrogen and oxygen atoms in total. The number of carbonyl (C=O) groups excluding carboxylic acids is 1. The van der Waals surface area contributed by atoms with E-state index in [9.17, 15) is 4.79 Å². The monoisotopic (exact) mass is 247 g/mol. The van der Waals surface area contributed by atoms with Crippen molar-refractivity contribution in [2.45, 2.75) is 0 Å². The first kappa shape index (κ1) is 12.1. The number of nitrogens with zero attached hydrogens (tertiary/aromatic N) is 1. The number of hydrogen-bond donors (Lipinski definition) is 0. The standard InChI is InChI=1S/C10H11Cl2NO2/c1-13(10(14)6-11)9-4-3-7(15-2)5-8(9)12/h3-5H,6H2,1-2H3. The van der Waals surface area contributed by atoms with Gasteiger partial charge in [0.25, 0.3) is 0 Å². The van der Waals surface area contributed by atoms with Crippen LogP contribution in [0.25, 0.3) is 0 Å². The third-order valence-corrected chi connectivity index (χ3v) is 2.54. The minimum absolute atomic E-state index is 0.0706. The molecule has 0 unspecified atom stereocenters. The fourth-order valence-electron chi connectivity index (χ4n) is 1.11. The van der Waals surface area contributed by atoms with E-state index in [1.54, 1.807) is 32.4 Å². The van der Waals surface area contributed by atoms with Crippen LogP contribution in [0.15, 0.2) is 18.2 Å². The molecule has 1 aromatic rings. The van der Waals surface area contributed by atoms with Crippen molar-refractivity contribution in [3.63, 3.8) is 0 Å². The fraction of sp³-hybridized carbons (Fsp3) is 0.300. The third-order valence-electron chi connectivity index (χ3n) is 2.00. The Morgan fingerprint density at radius 1 is 1.53 bits per heavy atom. The second kappa shape index (κ2) is 5.24. The molecule has 5 heteroatoms. The summed E-state index contributed by atoms with van der Waals surface area (Å²) < 4.78 is 5.00. The molecule has 0 aliphatic carbocycles. The van der Waals surface area contributed by atoms with Gasteiger partial charge in [-0.1, -0.05) is 11.6 Å². The summed E-state index contributed by atoms with van der Waals surface area (Å²) in [6.07, 6.45) is 0. The van der Waals surface area contributed by atoms with Crippen LogP contribution in [0.1, 0.15) is 0 Å². The first-order chi connectivity index (χ1) is 7.10. The highest BCUT2D eigenvalue weighted by Crippen LogP contribution is 2.29. The predicted octanol–water partition coefficient (Wildman–Crippen LogP) is 2.55. The molecule has 0 atom stereocenters. The summed E-state index contributed by atoms with van der Waals surface area (Å²) in [6, 6.07) is 5.10. The average Bonchev–Trinajstić information content (AvgIpc) is 2.26. The zero-order valence-electron chi connectivity index (χ0n) is 8.46. The fourth-order valence-corrected chi connectivity index (χ4v) is 1.59. The Morgan fingerprint density at radius 3 is 2.67 bits per heavy atom. The highest BCUT2D eigenvalue weighted by Gasteiger charge is 2.12. The molecule has 82 valence electrons. The van der Waals surface area contributed by atoms with Gasteiger partial charge in [-0.25, -0.2) is 0 Å². The largest absolute Gasteiger partial charge is 0.497 e. The first-order valence-electron chi connectivity index (χ1n) is 4.26. The second-order valence-corrected chi connectivity index (χ2v) is 3.58. The highest BCUT2D eigenvalue weighted by molar-refractivity contribution is 6.35. The van der Waals surface area contributed by atoms with Crippen LogP contribution < -0.4 is 9.64 Å². The van der Waals surface area contributed by atoms with Gasteiger partial charge in [0.2, 0.25) is 5.91 Å². The quantitative estimate of drug-likeness (QED) is 0.769. The van der Waals surface area contributed by atoms with Crippen molar-refractivity contribution in [3.05, 3.63) is 23.2 Å². The number of methoxy groups -OCH3 is 1. The van der Waals surface area contributed by atoms with Crippen molar-refractivity contribution in [3.8, 4) is 5.75 Å². The zero-order chi connectivity index (χ0) is 11.4. The Hall–Kier alpha value is -0.930. The molecule has 15 heavy (non-hydrogen) atoms. The lowest BCUT2D eigenvalue weighted by Gasteiger charge is -2.17. The summed E-state index contributed by atoms with van der Waals surface area (Å²) in [4.78, 5) is 12.7. The Labute approximate surface area is 98.5 Å². The van der Waals surface area contributed by atoms with Crippen molar-refractivity contribution < 1.29 is 9.53 Å². The van der Waals surface area contributed by atoms with Crippen molar-refractivity contribution in [1.29, 1.82) is 0 Å². The van der Waals surface area contributed by atoms with E-state index in [0.717, 1.165) is 0 Å². The summed E-state index contributed by atoms with van der Waals surface area (Å²) in [6.45, 7) is 0. The molecule has 0 aliphatic rings. The smallest absolute Gasteiger partial charge is 0.241 e. The van der Waals surface area contributed by atoms with Crippen LogP contribution in [0.3, 0.4) is 0 Å². The molecule has 1 rings (SSSR count). The average molecular weight is 248 g/mol. The lowest BCUT2D eigenvalue weighted by Crippen LogP contribution is -2.27. The normalized spacial score (nSPS) is 9.87. The van der Waals surface area contributed by atoms with E-state index in [2.05, 4.69) is 0 Å². The SMILES string of the molecule is COc1ccc(N(C)C(=O)CCl)c(Cl)c1. The number of benzene rings is 1. The summed E-state index contributed by atoms with van der Waals surface area (Å²) in [5.41, 5.74) is 0.614. The Balaban J connectivity index is 3.00. The summed E-state index contributed by atoms with van der Waals surface area (Å²) in [5, 5.41) is 0.454. The summed E-state index contributed by atoms with van der Waals surface area (Å²) >= 11 is 11.4. The second-order valence-electron chi connectivity index (χ2n) is 2.90. The molecule has 0 aromatic heterocycles. The molecule has 0 saturated carbocycles. The van der Waals surface area contributed by atoms with Crippen LogP contribution in [0.5, 0.6) is 5.75 Å². The molecular formula is C10H11Cl2NO2. The third kappa shape index (κ3) is 2.76. The molecule has 0 N–H and O–H groups in total. The Bertz CT molecular complexity index is 368. The maximum Gasteiger partial charge on any atom is 0.241 e. The Kier molecular flexibility index (Phi) is 4.24. The topological polar surface area (TPSA) is 29.5 Å². The number of rotatable bonds is 3. The molecule has 0 spiro atoms. The van der Waals surface area contributed by atoms with Crippen molar-refractivity contribution in [2.75, 3.05) is 24.9 Å². The molecule has 0 radical (unpaired) electrons. The number of amides is 1. The minimum Gasteiger partial charge on any atom is -0.497 e. The van der Waals surface area contributed by atoms with E-state index >= 15 is 0 Å². The molecule has 0 saturated heterocycles. The number of hydrogen-bond acceptors (Lipinski definition) is 2. The van der Waals surface area contributed by atoms with E-state index in [4.69, 9.17) is 27.9 Å². The summed E-state index contributed by atoms with van der Waals surface area (Å²) in [5.74, 6) is 0.373. The van der Waals surface area contributed by atoms with Gasteiger partial charge < -0.3 is 9.64 Å². The van der Waals surface area contributed by atoms with Gasteiger partial charge in [0.15, 0.2) is 0 Å². The van der Waals surface area contributed by atoms with Crippen molar-refractivity contribution in [1.82, 2.24) is 0 Å². The molecular weight excluding hydrogens is 237 g/mol. The first-order valence-corrected chi connectivity index (χ1v) is 5.17. The molecule has 0 heterocycles. The minimum atomic E-state index is -0.205. The van der Waals surface area contributed by atoms with E-state index < -0.39 is 0 Å². The number of ether oxygens (including phenoxy) is 1. The van der Waals surface area contributed by atoms with Gasteiger partial charge in [0.1, 0.15) is 11.6 Å². The molecule has 1 aromatic carbocycles. The van der Waals surface area contributed by atoms with Crippen LogP contribution in [0, 0.1) is 0 Å². The van der Waals surface area contributed by atoms with E-state index in [1.165, 1.54) is 4.90 Å². The van der Waals surface area contributed by atoms with Crippen molar-refractivity contribution in [2.24, 2.45) is 0 Å². The summed E-state index contributed by atoms with van der Waals surface area (Å²) in [7, 11) is 3.18. The van der Waals surface area contributed by atoms with Gasteiger partial charge in [0, 0.05) is 13.1 Å². The van der Waals surface area contributed by atoms with Gasteiger partial charge in [-0.15, -0.1) is 11.6 Å². The molecule has 1 amide bonds. The number of anilines is 1. The maximum atomic E-state index is 11.3. The lowest BCUT2D eigenvalue weighted by atomic mass is 10.3. The van der Waals surface area contributed by atoms with E-state index in [0.29, 0.717) is 16.5 Å². The van der Waals surface area contributed by atoms with E-state index in [1.807, 2.05) is 0 Å². The predicted molar refractivity (Wildman–Crippen MR) is 62.1 cm³/mol. The zero-order valence-corrected chi connectivity index (χ0v) is 9.97. The van der Waals surface area contributed by atoms with Gasteiger partial charge in [-0.3, -0.25) is 4.79 Å². The van der Waals surface area contributed by atoms with Crippen LogP contribution in [-0.4, -0.2) is 25.9 Å². The van der Waals surface area contributed by atoms with Crippen LogP contribution >= 0.6 is 23.2 Å². The van der Waals surface area contributed by atoms with Gasteiger partial charge in [-0.05, 0) is 12.1 Å².